The highest BCUT2D eigenvalue weighted by molar-refractivity contribution is 5.91. The van der Waals surface area contributed by atoms with Crippen molar-refractivity contribution in [2.45, 2.75) is 19.8 Å². The first-order valence-electron chi connectivity index (χ1n) is 7.91. The van der Waals surface area contributed by atoms with E-state index in [0.29, 0.717) is 38.5 Å². The number of furan rings is 1. The van der Waals surface area contributed by atoms with E-state index in [1.807, 2.05) is 11.9 Å². The van der Waals surface area contributed by atoms with Crippen LogP contribution in [0.5, 0.6) is 0 Å². The number of rotatable bonds is 6. The molecule has 1 aliphatic rings. The topological polar surface area (TPSA) is 57.0 Å². The van der Waals surface area contributed by atoms with Gasteiger partial charge in [-0.05, 0) is 32.1 Å². The first kappa shape index (κ1) is 16.5. The van der Waals surface area contributed by atoms with Crippen molar-refractivity contribution in [2.24, 2.45) is 0 Å². The Kier molecular flexibility index (Phi) is 6.00. The quantitative estimate of drug-likeness (QED) is 0.795. The third kappa shape index (κ3) is 4.34. The zero-order valence-electron chi connectivity index (χ0n) is 13.5. The second-order valence-corrected chi connectivity index (χ2v) is 5.74. The Hall–Kier alpha value is -1.82. The van der Waals surface area contributed by atoms with E-state index in [0.717, 1.165) is 19.4 Å². The summed E-state index contributed by atoms with van der Waals surface area (Å²) in [6.07, 6.45) is 3.74. The molecule has 22 heavy (non-hydrogen) atoms. The summed E-state index contributed by atoms with van der Waals surface area (Å²) < 4.78 is 5.13. The van der Waals surface area contributed by atoms with Crippen molar-refractivity contribution in [3.8, 4) is 0 Å². The molecule has 2 heterocycles. The van der Waals surface area contributed by atoms with Crippen LogP contribution < -0.4 is 0 Å². The van der Waals surface area contributed by atoms with Crippen LogP contribution in [0.15, 0.2) is 22.8 Å². The van der Waals surface area contributed by atoms with E-state index < -0.39 is 0 Å². The minimum Gasteiger partial charge on any atom is -0.459 e. The number of unbranched alkanes of at least 4 members (excludes halogenated alkanes) is 1. The van der Waals surface area contributed by atoms with Gasteiger partial charge in [0.15, 0.2) is 5.76 Å². The van der Waals surface area contributed by atoms with Crippen molar-refractivity contribution in [1.29, 1.82) is 0 Å². The van der Waals surface area contributed by atoms with E-state index in [1.54, 1.807) is 17.0 Å². The highest BCUT2D eigenvalue weighted by atomic mass is 16.3. The van der Waals surface area contributed by atoms with Crippen LogP contribution in [0.1, 0.15) is 30.3 Å². The lowest BCUT2D eigenvalue weighted by molar-refractivity contribution is -0.133. The molecule has 122 valence electrons. The van der Waals surface area contributed by atoms with Crippen LogP contribution >= 0.6 is 0 Å². The van der Waals surface area contributed by atoms with Crippen LogP contribution in [-0.2, 0) is 4.79 Å². The van der Waals surface area contributed by atoms with Gasteiger partial charge in [0.25, 0.3) is 5.91 Å². The molecular formula is C16H25N3O3. The highest BCUT2D eigenvalue weighted by Gasteiger charge is 2.26. The number of likely N-dealkylation sites (N-methyl/N-ethyl adjacent to an activating group) is 1. The standard InChI is InChI=1S/C16H25N3O3/c1-3-4-7-17(2)13-15(20)18-8-10-19(11-9-18)16(21)14-6-5-12-22-14/h5-6,12H,3-4,7-11,13H2,1-2H3. The molecule has 0 unspecified atom stereocenters. The molecule has 1 aromatic heterocycles. The van der Waals surface area contributed by atoms with Gasteiger partial charge in [-0.3, -0.25) is 14.5 Å². The number of piperazine rings is 1. The number of carbonyl (C=O) groups is 2. The van der Waals surface area contributed by atoms with E-state index >= 15 is 0 Å². The molecule has 1 fully saturated rings. The fourth-order valence-corrected chi connectivity index (χ4v) is 2.55. The molecule has 0 saturated carbocycles. The van der Waals surface area contributed by atoms with Crippen LogP contribution in [-0.4, -0.2) is 72.8 Å². The summed E-state index contributed by atoms with van der Waals surface area (Å²) in [5.41, 5.74) is 0. The summed E-state index contributed by atoms with van der Waals surface area (Å²) in [7, 11) is 1.98. The minimum atomic E-state index is -0.0998. The summed E-state index contributed by atoms with van der Waals surface area (Å²) in [6, 6.07) is 3.38. The SMILES string of the molecule is CCCCN(C)CC(=O)N1CCN(C(=O)c2ccco2)CC1. The molecule has 0 aromatic carbocycles. The lowest BCUT2D eigenvalue weighted by Gasteiger charge is -2.35. The van der Waals surface area contributed by atoms with Crippen LogP contribution in [0.3, 0.4) is 0 Å². The molecule has 1 aromatic rings. The van der Waals surface area contributed by atoms with Gasteiger partial charge in [0.05, 0.1) is 12.8 Å². The molecule has 0 radical (unpaired) electrons. The number of hydrogen-bond donors (Lipinski definition) is 0. The van der Waals surface area contributed by atoms with Crippen molar-refractivity contribution in [1.82, 2.24) is 14.7 Å². The number of amides is 2. The fourth-order valence-electron chi connectivity index (χ4n) is 2.55. The van der Waals surface area contributed by atoms with E-state index in [1.165, 1.54) is 6.26 Å². The summed E-state index contributed by atoms with van der Waals surface area (Å²) in [5.74, 6) is 0.403. The van der Waals surface area contributed by atoms with Crippen LogP contribution in [0.4, 0.5) is 0 Å². The first-order chi connectivity index (χ1) is 10.6. The van der Waals surface area contributed by atoms with Crippen molar-refractivity contribution in [2.75, 3.05) is 46.3 Å². The predicted molar refractivity (Wildman–Crippen MR) is 83.6 cm³/mol. The van der Waals surface area contributed by atoms with E-state index in [2.05, 4.69) is 11.8 Å². The van der Waals surface area contributed by atoms with Gasteiger partial charge < -0.3 is 14.2 Å². The molecular weight excluding hydrogens is 282 g/mol. The molecule has 6 nitrogen and oxygen atoms in total. The highest BCUT2D eigenvalue weighted by Crippen LogP contribution is 2.09. The Morgan fingerprint density at radius 1 is 1.23 bits per heavy atom. The Morgan fingerprint density at radius 2 is 1.91 bits per heavy atom. The zero-order valence-corrected chi connectivity index (χ0v) is 13.5. The van der Waals surface area contributed by atoms with Crippen LogP contribution in [0.2, 0.25) is 0 Å². The second-order valence-electron chi connectivity index (χ2n) is 5.74. The zero-order chi connectivity index (χ0) is 15.9. The third-order valence-electron chi connectivity index (χ3n) is 3.95. The van der Waals surface area contributed by atoms with Gasteiger partial charge in [0, 0.05) is 26.2 Å². The third-order valence-corrected chi connectivity index (χ3v) is 3.95. The van der Waals surface area contributed by atoms with Gasteiger partial charge >= 0.3 is 0 Å². The normalized spacial score (nSPS) is 15.4. The lowest BCUT2D eigenvalue weighted by Crippen LogP contribution is -2.52. The monoisotopic (exact) mass is 307 g/mol. The second kappa shape index (κ2) is 7.98. The maximum Gasteiger partial charge on any atom is 0.289 e. The largest absolute Gasteiger partial charge is 0.459 e. The van der Waals surface area contributed by atoms with Crippen LogP contribution in [0.25, 0.3) is 0 Å². The molecule has 1 aliphatic heterocycles. The molecule has 0 N–H and O–H groups in total. The number of carbonyl (C=O) groups excluding carboxylic acids is 2. The molecule has 2 amide bonds. The summed E-state index contributed by atoms with van der Waals surface area (Å²) in [4.78, 5) is 30.0. The average molecular weight is 307 g/mol. The first-order valence-corrected chi connectivity index (χ1v) is 7.91. The number of nitrogens with zero attached hydrogens (tertiary/aromatic N) is 3. The van der Waals surface area contributed by atoms with Gasteiger partial charge in [-0.15, -0.1) is 0 Å². The Bertz CT molecular complexity index is 479. The maximum absolute atomic E-state index is 12.2. The Balaban J connectivity index is 1.77. The van der Waals surface area contributed by atoms with Crippen LogP contribution in [0, 0.1) is 0 Å². The molecule has 0 bridgehead atoms. The van der Waals surface area contributed by atoms with Crippen molar-refractivity contribution in [3.63, 3.8) is 0 Å². The minimum absolute atomic E-state index is 0.0998. The Morgan fingerprint density at radius 3 is 2.50 bits per heavy atom. The smallest absolute Gasteiger partial charge is 0.289 e. The summed E-state index contributed by atoms with van der Waals surface area (Å²) >= 11 is 0. The summed E-state index contributed by atoms with van der Waals surface area (Å²) in [5, 5.41) is 0. The molecule has 0 atom stereocenters. The van der Waals surface area contributed by atoms with Gasteiger partial charge in [-0.25, -0.2) is 0 Å². The molecule has 6 heteroatoms. The lowest BCUT2D eigenvalue weighted by atomic mass is 10.2. The van der Waals surface area contributed by atoms with Gasteiger partial charge in [-0.1, -0.05) is 13.3 Å². The average Bonchev–Trinajstić information content (AvgIpc) is 3.06. The maximum atomic E-state index is 12.2. The van der Waals surface area contributed by atoms with Crippen molar-refractivity contribution >= 4 is 11.8 Å². The van der Waals surface area contributed by atoms with Gasteiger partial charge in [0.2, 0.25) is 5.91 Å². The predicted octanol–water partition coefficient (Wildman–Crippen LogP) is 1.30. The number of hydrogen-bond acceptors (Lipinski definition) is 4. The van der Waals surface area contributed by atoms with Gasteiger partial charge in [-0.2, -0.15) is 0 Å². The van der Waals surface area contributed by atoms with E-state index in [9.17, 15) is 9.59 Å². The molecule has 0 spiro atoms. The molecule has 1 saturated heterocycles. The molecule has 2 rings (SSSR count). The van der Waals surface area contributed by atoms with Crippen molar-refractivity contribution < 1.29 is 14.0 Å². The Labute approximate surface area is 131 Å². The fraction of sp³-hybridized carbons (Fsp3) is 0.625. The van der Waals surface area contributed by atoms with E-state index in [4.69, 9.17) is 4.42 Å². The molecule has 0 aliphatic carbocycles. The van der Waals surface area contributed by atoms with E-state index in [-0.39, 0.29) is 11.8 Å². The van der Waals surface area contributed by atoms with Gasteiger partial charge in [0.1, 0.15) is 0 Å². The van der Waals surface area contributed by atoms with Crippen molar-refractivity contribution in [3.05, 3.63) is 24.2 Å². The summed E-state index contributed by atoms with van der Waals surface area (Å²) in [6.45, 7) is 5.84.